The van der Waals surface area contributed by atoms with Crippen LogP contribution in [0.5, 0.6) is 11.5 Å². The fourth-order valence-corrected chi connectivity index (χ4v) is 2.50. The van der Waals surface area contributed by atoms with Crippen LogP contribution in [0.3, 0.4) is 0 Å². The summed E-state index contributed by atoms with van der Waals surface area (Å²) in [6.45, 7) is 0.651. The van der Waals surface area contributed by atoms with Crippen molar-refractivity contribution in [1.82, 2.24) is 0 Å². The molecule has 1 aliphatic heterocycles. The Bertz CT molecular complexity index is 640. The molecule has 0 bridgehead atoms. The molecule has 0 radical (unpaired) electrons. The van der Waals surface area contributed by atoms with Gasteiger partial charge in [-0.1, -0.05) is 12.1 Å². The molecule has 0 aromatic heterocycles. The number of rotatable bonds is 3. The number of fused-ring (bicyclic) bond motifs is 1. The van der Waals surface area contributed by atoms with Crippen molar-refractivity contribution in [2.45, 2.75) is 12.5 Å². The predicted octanol–water partition coefficient (Wildman–Crippen LogP) is 2.85. The second-order valence-corrected chi connectivity index (χ2v) is 4.72. The Balaban J connectivity index is 2.02. The molecule has 1 atom stereocenters. The number of methoxy groups -OCH3 is 1. The monoisotopic (exact) mass is 274 g/mol. The Morgan fingerprint density at radius 3 is 2.95 bits per heavy atom. The van der Waals surface area contributed by atoms with Crippen LogP contribution in [-0.4, -0.2) is 18.8 Å². The Kier molecular flexibility index (Phi) is 3.32. The first-order valence-corrected chi connectivity index (χ1v) is 6.47. The number of hydrogen-bond acceptors (Lipinski definition) is 3. The minimum absolute atomic E-state index is 0.161. The van der Waals surface area contributed by atoms with E-state index in [1.807, 2.05) is 12.1 Å². The van der Waals surface area contributed by atoms with Crippen LogP contribution in [0, 0.1) is 5.82 Å². The van der Waals surface area contributed by atoms with Gasteiger partial charge in [0, 0.05) is 6.42 Å². The van der Waals surface area contributed by atoms with Crippen LogP contribution >= 0.6 is 0 Å². The van der Waals surface area contributed by atoms with Crippen molar-refractivity contribution < 1.29 is 19.0 Å². The molecule has 2 aromatic rings. The summed E-state index contributed by atoms with van der Waals surface area (Å²) < 4.78 is 24.5. The van der Waals surface area contributed by atoms with Crippen molar-refractivity contribution in [3.8, 4) is 11.5 Å². The normalized spacial score (nSPS) is 14.6. The quantitative estimate of drug-likeness (QED) is 0.935. The summed E-state index contributed by atoms with van der Waals surface area (Å²) in [6.07, 6.45) is -0.248. The van der Waals surface area contributed by atoms with E-state index in [1.54, 1.807) is 18.2 Å². The van der Waals surface area contributed by atoms with Gasteiger partial charge < -0.3 is 14.6 Å². The van der Waals surface area contributed by atoms with Gasteiger partial charge in [-0.05, 0) is 35.4 Å². The van der Waals surface area contributed by atoms with Crippen LogP contribution in [0.15, 0.2) is 36.4 Å². The van der Waals surface area contributed by atoms with Gasteiger partial charge in [-0.15, -0.1) is 0 Å². The molecule has 104 valence electrons. The lowest BCUT2D eigenvalue weighted by Gasteiger charge is -2.16. The van der Waals surface area contributed by atoms with Gasteiger partial charge in [0.25, 0.3) is 0 Å². The van der Waals surface area contributed by atoms with Crippen LogP contribution in [0.4, 0.5) is 4.39 Å². The first kappa shape index (κ1) is 12.9. The first-order valence-electron chi connectivity index (χ1n) is 6.47. The highest BCUT2D eigenvalue weighted by atomic mass is 19.1. The molecule has 0 amide bonds. The van der Waals surface area contributed by atoms with Gasteiger partial charge in [0.05, 0.1) is 19.3 Å². The van der Waals surface area contributed by atoms with Crippen molar-refractivity contribution in [3.63, 3.8) is 0 Å². The minimum atomic E-state index is -1.06. The molecular formula is C16H15FO3. The summed E-state index contributed by atoms with van der Waals surface area (Å²) in [5.41, 5.74) is 1.84. The fraction of sp³-hybridized carbons (Fsp3) is 0.250. The van der Waals surface area contributed by atoms with Crippen molar-refractivity contribution in [2.75, 3.05) is 13.7 Å². The average Bonchev–Trinajstić information content (AvgIpc) is 2.93. The lowest BCUT2D eigenvalue weighted by Crippen LogP contribution is -2.05. The summed E-state index contributed by atoms with van der Waals surface area (Å²) in [5.74, 6) is 0.698. The van der Waals surface area contributed by atoms with E-state index in [9.17, 15) is 9.50 Å². The highest BCUT2D eigenvalue weighted by Crippen LogP contribution is 2.35. The highest BCUT2D eigenvalue weighted by Gasteiger charge is 2.22. The van der Waals surface area contributed by atoms with E-state index < -0.39 is 11.9 Å². The summed E-state index contributed by atoms with van der Waals surface area (Å²) in [6, 6.07) is 9.93. The Hall–Kier alpha value is -2.07. The van der Waals surface area contributed by atoms with E-state index in [4.69, 9.17) is 9.47 Å². The molecule has 1 unspecified atom stereocenters. The molecular weight excluding hydrogens is 259 g/mol. The molecule has 20 heavy (non-hydrogen) atoms. The van der Waals surface area contributed by atoms with Gasteiger partial charge in [0.15, 0.2) is 0 Å². The fourth-order valence-electron chi connectivity index (χ4n) is 2.50. The van der Waals surface area contributed by atoms with E-state index in [0.29, 0.717) is 17.9 Å². The second kappa shape index (κ2) is 5.13. The SMILES string of the molecule is COc1cccc(F)c1C(O)c1ccc2c(c1)CCO2. The molecule has 1 heterocycles. The maximum atomic E-state index is 14.0. The highest BCUT2D eigenvalue weighted by molar-refractivity contribution is 5.46. The maximum absolute atomic E-state index is 14.0. The lowest BCUT2D eigenvalue weighted by atomic mass is 9.98. The van der Waals surface area contributed by atoms with E-state index in [-0.39, 0.29) is 5.56 Å². The molecule has 0 saturated heterocycles. The van der Waals surface area contributed by atoms with Gasteiger partial charge in [-0.25, -0.2) is 4.39 Å². The molecule has 2 aromatic carbocycles. The number of aliphatic hydroxyl groups is 1. The first-order chi connectivity index (χ1) is 9.70. The van der Waals surface area contributed by atoms with Crippen LogP contribution < -0.4 is 9.47 Å². The molecule has 4 heteroatoms. The minimum Gasteiger partial charge on any atom is -0.496 e. The number of ether oxygens (including phenoxy) is 2. The number of benzene rings is 2. The van der Waals surface area contributed by atoms with Crippen molar-refractivity contribution in [2.24, 2.45) is 0 Å². The molecule has 0 spiro atoms. The van der Waals surface area contributed by atoms with Crippen LogP contribution in [0.1, 0.15) is 22.8 Å². The second-order valence-electron chi connectivity index (χ2n) is 4.72. The summed E-state index contributed by atoms with van der Waals surface area (Å²) in [4.78, 5) is 0. The summed E-state index contributed by atoms with van der Waals surface area (Å²) >= 11 is 0. The van der Waals surface area contributed by atoms with Crippen LogP contribution in [0.25, 0.3) is 0 Å². The average molecular weight is 274 g/mol. The lowest BCUT2D eigenvalue weighted by molar-refractivity contribution is 0.209. The molecule has 3 rings (SSSR count). The van der Waals surface area contributed by atoms with E-state index in [1.165, 1.54) is 13.2 Å². The molecule has 3 nitrogen and oxygen atoms in total. The summed E-state index contributed by atoms with van der Waals surface area (Å²) in [7, 11) is 1.46. The molecule has 0 fully saturated rings. The third-order valence-corrected chi connectivity index (χ3v) is 3.54. The number of aliphatic hydroxyl groups excluding tert-OH is 1. The smallest absolute Gasteiger partial charge is 0.133 e. The number of halogens is 1. The molecule has 1 aliphatic rings. The van der Waals surface area contributed by atoms with Gasteiger partial charge in [0.1, 0.15) is 23.4 Å². The predicted molar refractivity (Wildman–Crippen MR) is 72.7 cm³/mol. The molecule has 0 aliphatic carbocycles. The van der Waals surface area contributed by atoms with Crippen LogP contribution in [0.2, 0.25) is 0 Å². The zero-order valence-electron chi connectivity index (χ0n) is 11.1. The Labute approximate surface area is 116 Å². The third kappa shape index (κ3) is 2.12. The van der Waals surface area contributed by atoms with Gasteiger partial charge in [0.2, 0.25) is 0 Å². The topological polar surface area (TPSA) is 38.7 Å². The standard InChI is InChI=1S/C16H15FO3/c1-19-14-4-2-3-12(17)15(14)16(18)11-5-6-13-10(9-11)7-8-20-13/h2-6,9,16,18H,7-8H2,1H3. The molecule has 1 N–H and O–H groups in total. The zero-order valence-corrected chi connectivity index (χ0v) is 11.1. The molecule has 0 saturated carbocycles. The maximum Gasteiger partial charge on any atom is 0.133 e. The van der Waals surface area contributed by atoms with Gasteiger partial charge >= 0.3 is 0 Å². The zero-order chi connectivity index (χ0) is 14.1. The van der Waals surface area contributed by atoms with E-state index in [0.717, 1.165) is 17.7 Å². The van der Waals surface area contributed by atoms with Gasteiger partial charge in [-0.3, -0.25) is 0 Å². The number of hydrogen-bond donors (Lipinski definition) is 1. The third-order valence-electron chi connectivity index (χ3n) is 3.54. The van der Waals surface area contributed by atoms with Crippen molar-refractivity contribution in [1.29, 1.82) is 0 Å². The van der Waals surface area contributed by atoms with Crippen molar-refractivity contribution in [3.05, 3.63) is 58.9 Å². The summed E-state index contributed by atoms with van der Waals surface area (Å²) in [5, 5.41) is 10.5. The van der Waals surface area contributed by atoms with E-state index >= 15 is 0 Å². The largest absolute Gasteiger partial charge is 0.496 e. The Morgan fingerprint density at radius 2 is 2.15 bits per heavy atom. The van der Waals surface area contributed by atoms with Crippen LogP contribution in [-0.2, 0) is 6.42 Å². The van der Waals surface area contributed by atoms with Gasteiger partial charge in [-0.2, -0.15) is 0 Å². The van der Waals surface area contributed by atoms with E-state index in [2.05, 4.69) is 0 Å². The Morgan fingerprint density at radius 1 is 1.30 bits per heavy atom. The van der Waals surface area contributed by atoms with Crippen molar-refractivity contribution >= 4 is 0 Å².